The van der Waals surface area contributed by atoms with E-state index in [-0.39, 0.29) is 6.04 Å². The van der Waals surface area contributed by atoms with Gasteiger partial charge >= 0.3 is 0 Å². The summed E-state index contributed by atoms with van der Waals surface area (Å²) < 4.78 is 26.4. The first kappa shape index (κ1) is 12.2. The Balaban J connectivity index is 1.88. The first-order chi connectivity index (χ1) is 9.22. The second-order valence-electron chi connectivity index (χ2n) is 4.95. The van der Waals surface area contributed by atoms with Crippen LogP contribution >= 0.6 is 0 Å². The highest BCUT2D eigenvalue weighted by Gasteiger charge is 2.19. The molecule has 0 aromatic heterocycles. The zero-order chi connectivity index (χ0) is 13.2. The molecule has 3 heteroatoms. The molecule has 1 aliphatic carbocycles. The van der Waals surface area contributed by atoms with Crippen molar-refractivity contribution in [1.29, 1.82) is 0 Å². The van der Waals surface area contributed by atoms with Gasteiger partial charge in [0.2, 0.25) is 0 Å². The first-order valence-corrected chi connectivity index (χ1v) is 6.53. The fraction of sp³-hybridized carbons (Fsp3) is 0.250. The molecule has 2 aromatic rings. The van der Waals surface area contributed by atoms with E-state index >= 15 is 0 Å². The third-order valence-electron chi connectivity index (χ3n) is 3.57. The lowest BCUT2D eigenvalue weighted by atomic mass is 9.87. The average Bonchev–Trinajstić information content (AvgIpc) is 2.38. The quantitative estimate of drug-likeness (QED) is 0.840. The lowest BCUT2D eigenvalue weighted by Crippen LogP contribution is -2.17. The van der Waals surface area contributed by atoms with Crippen molar-refractivity contribution in [3.05, 3.63) is 65.2 Å². The molecule has 0 heterocycles. The Labute approximate surface area is 111 Å². The van der Waals surface area contributed by atoms with Gasteiger partial charge in [0, 0.05) is 11.8 Å². The molecule has 1 aliphatic rings. The largest absolute Gasteiger partial charge is 0.378 e. The number of fused-ring (bicyclic) bond motifs is 1. The van der Waals surface area contributed by atoms with Crippen LogP contribution in [0.4, 0.5) is 14.5 Å². The van der Waals surface area contributed by atoms with Crippen LogP contribution in [0, 0.1) is 11.6 Å². The molecule has 3 rings (SSSR count). The maximum Gasteiger partial charge on any atom is 0.128 e. The predicted molar refractivity (Wildman–Crippen MR) is 72.1 cm³/mol. The van der Waals surface area contributed by atoms with Crippen molar-refractivity contribution < 1.29 is 8.78 Å². The highest BCUT2D eigenvalue weighted by atomic mass is 19.1. The molecule has 19 heavy (non-hydrogen) atoms. The highest BCUT2D eigenvalue weighted by molar-refractivity contribution is 5.47. The van der Waals surface area contributed by atoms with Gasteiger partial charge in [0.1, 0.15) is 11.6 Å². The smallest absolute Gasteiger partial charge is 0.128 e. The molecule has 0 saturated carbocycles. The number of anilines is 1. The van der Waals surface area contributed by atoms with E-state index in [1.807, 2.05) is 12.1 Å². The predicted octanol–water partition coefficient (Wildman–Crippen LogP) is 4.45. The minimum Gasteiger partial charge on any atom is -0.378 e. The SMILES string of the molecule is Fc1cc(F)cc(NC2CCCc3ccccc32)c1. The Morgan fingerprint density at radius 1 is 1.00 bits per heavy atom. The Bertz CT molecular complexity index is 575. The molecule has 0 fully saturated rings. The van der Waals surface area contributed by atoms with E-state index in [0.717, 1.165) is 25.3 Å². The van der Waals surface area contributed by atoms with Crippen LogP contribution in [-0.4, -0.2) is 0 Å². The van der Waals surface area contributed by atoms with Gasteiger partial charge in [-0.1, -0.05) is 24.3 Å². The van der Waals surface area contributed by atoms with Crippen LogP contribution in [0.5, 0.6) is 0 Å². The highest BCUT2D eigenvalue weighted by Crippen LogP contribution is 2.32. The third kappa shape index (κ3) is 2.60. The summed E-state index contributed by atoms with van der Waals surface area (Å²) in [5.74, 6) is -1.10. The Hall–Kier alpha value is -1.90. The van der Waals surface area contributed by atoms with Crippen LogP contribution in [0.25, 0.3) is 0 Å². The van der Waals surface area contributed by atoms with Crippen molar-refractivity contribution in [2.75, 3.05) is 5.32 Å². The molecular formula is C16H15F2N. The molecule has 0 amide bonds. The van der Waals surface area contributed by atoms with Gasteiger partial charge in [-0.25, -0.2) is 8.78 Å². The number of aryl methyl sites for hydroxylation is 1. The zero-order valence-electron chi connectivity index (χ0n) is 10.5. The lowest BCUT2D eigenvalue weighted by Gasteiger charge is -2.27. The van der Waals surface area contributed by atoms with Crippen molar-refractivity contribution in [3.63, 3.8) is 0 Å². The Morgan fingerprint density at radius 2 is 1.74 bits per heavy atom. The molecule has 0 spiro atoms. The standard InChI is InChI=1S/C16H15F2N/c17-12-8-13(18)10-14(9-12)19-16-7-3-5-11-4-1-2-6-15(11)16/h1-2,4,6,8-10,16,19H,3,5,7H2. The number of halogens is 2. The number of hydrogen-bond donors (Lipinski definition) is 1. The molecule has 1 N–H and O–H groups in total. The van der Waals surface area contributed by atoms with E-state index in [2.05, 4.69) is 17.4 Å². The minimum atomic E-state index is -0.549. The summed E-state index contributed by atoms with van der Waals surface area (Å²) >= 11 is 0. The van der Waals surface area contributed by atoms with Gasteiger partial charge in [-0.3, -0.25) is 0 Å². The topological polar surface area (TPSA) is 12.0 Å². The van der Waals surface area contributed by atoms with Crippen LogP contribution in [0.2, 0.25) is 0 Å². The molecule has 98 valence electrons. The Morgan fingerprint density at radius 3 is 2.53 bits per heavy atom. The van der Waals surface area contributed by atoms with E-state index in [4.69, 9.17) is 0 Å². The van der Waals surface area contributed by atoms with Crippen molar-refractivity contribution in [2.45, 2.75) is 25.3 Å². The second kappa shape index (κ2) is 5.00. The van der Waals surface area contributed by atoms with Gasteiger partial charge in [0.15, 0.2) is 0 Å². The molecule has 1 nitrogen and oxygen atoms in total. The van der Waals surface area contributed by atoms with E-state index < -0.39 is 11.6 Å². The molecule has 0 aliphatic heterocycles. The summed E-state index contributed by atoms with van der Waals surface area (Å²) in [6.07, 6.45) is 3.15. The summed E-state index contributed by atoms with van der Waals surface area (Å²) in [5.41, 5.74) is 3.06. The molecule has 1 atom stereocenters. The van der Waals surface area contributed by atoms with E-state index in [1.165, 1.54) is 23.3 Å². The van der Waals surface area contributed by atoms with Gasteiger partial charge < -0.3 is 5.32 Å². The monoisotopic (exact) mass is 259 g/mol. The van der Waals surface area contributed by atoms with Crippen molar-refractivity contribution in [3.8, 4) is 0 Å². The summed E-state index contributed by atoms with van der Waals surface area (Å²) in [6, 6.07) is 11.9. The number of benzene rings is 2. The summed E-state index contributed by atoms with van der Waals surface area (Å²) in [4.78, 5) is 0. The summed E-state index contributed by atoms with van der Waals surface area (Å²) in [7, 11) is 0. The maximum absolute atomic E-state index is 13.2. The normalized spacial score (nSPS) is 17.9. The summed E-state index contributed by atoms with van der Waals surface area (Å²) in [5, 5.41) is 3.24. The van der Waals surface area contributed by atoms with E-state index in [0.29, 0.717) is 5.69 Å². The zero-order valence-corrected chi connectivity index (χ0v) is 10.5. The van der Waals surface area contributed by atoms with Crippen LogP contribution in [0.1, 0.15) is 30.0 Å². The van der Waals surface area contributed by atoms with Crippen molar-refractivity contribution in [2.24, 2.45) is 0 Å². The fourth-order valence-corrected chi connectivity index (χ4v) is 2.74. The van der Waals surface area contributed by atoms with Crippen LogP contribution in [-0.2, 0) is 6.42 Å². The molecule has 0 bridgehead atoms. The van der Waals surface area contributed by atoms with E-state index in [9.17, 15) is 8.78 Å². The first-order valence-electron chi connectivity index (χ1n) is 6.53. The average molecular weight is 259 g/mol. The molecule has 1 unspecified atom stereocenters. The van der Waals surface area contributed by atoms with Gasteiger partial charge in [-0.15, -0.1) is 0 Å². The number of rotatable bonds is 2. The van der Waals surface area contributed by atoms with E-state index in [1.54, 1.807) is 0 Å². The maximum atomic E-state index is 13.2. The van der Waals surface area contributed by atoms with Gasteiger partial charge in [-0.05, 0) is 42.5 Å². The number of hydrogen-bond acceptors (Lipinski definition) is 1. The molecule has 2 aromatic carbocycles. The summed E-state index contributed by atoms with van der Waals surface area (Å²) in [6.45, 7) is 0. The van der Waals surface area contributed by atoms with Gasteiger partial charge in [-0.2, -0.15) is 0 Å². The van der Waals surface area contributed by atoms with Crippen LogP contribution in [0.15, 0.2) is 42.5 Å². The molecule has 0 saturated heterocycles. The molecule has 0 radical (unpaired) electrons. The van der Waals surface area contributed by atoms with Crippen LogP contribution < -0.4 is 5.32 Å². The Kier molecular flexibility index (Phi) is 3.20. The number of nitrogens with one attached hydrogen (secondary N) is 1. The second-order valence-corrected chi connectivity index (χ2v) is 4.95. The van der Waals surface area contributed by atoms with Crippen molar-refractivity contribution >= 4 is 5.69 Å². The lowest BCUT2D eigenvalue weighted by molar-refractivity contribution is 0.578. The minimum absolute atomic E-state index is 0.131. The van der Waals surface area contributed by atoms with Gasteiger partial charge in [0.25, 0.3) is 0 Å². The molecular weight excluding hydrogens is 244 g/mol. The van der Waals surface area contributed by atoms with Gasteiger partial charge in [0.05, 0.1) is 6.04 Å². The third-order valence-corrected chi connectivity index (χ3v) is 3.57. The van der Waals surface area contributed by atoms with Crippen LogP contribution in [0.3, 0.4) is 0 Å². The fourth-order valence-electron chi connectivity index (χ4n) is 2.74. The van der Waals surface area contributed by atoms with Crippen molar-refractivity contribution in [1.82, 2.24) is 0 Å².